The molecule has 2 aromatic carbocycles. The smallest absolute Gasteiger partial charge is 0.123 e. The Kier molecular flexibility index (Phi) is 4.11. The summed E-state index contributed by atoms with van der Waals surface area (Å²) < 4.78 is 12.8. The number of benzene rings is 2. The summed E-state index contributed by atoms with van der Waals surface area (Å²) in [6.07, 6.45) is 1.89. The van der Waals surface area contributed by atoms with Gasteiger partial charge in [-0.2, -0.15) is 0 Å². The molecule has 0 saturated heterocycles. The first-order valence-corrected chi connectivity index (χ1v) is 6.29. The van der Waals surface area contributed by atoms with Gasteiger partial charge in [0.2, 0.25) is 0 Å². The molecule has 0 aliphatic rings. The van der Waals surface area contributed by atoms with E-state index in [1.54, 1.807) is 12.1 Å². The van der Waals surface area contributed by atoms with Crippen LogP contribution in [-0.4, -0.2) is 6.04 Å². The maximum atomic E-state index is 12.8. The lowest BCUT2D eigenvalue weighted by molar-refractivity contribution is 0.628. The van der Waals surface area contributed by atoms with Crippen molar-refractivity contribution in [2.24, 2.45) is 5.73 Å². The normalized spacial score (nSPS) is 12.4. The summed E-state index contributed by atoms with van der Waals surface area (Å²) in [5.74, 6) is -0.204. The van der Waals surface area contributed by atoms with Crippen LogP contribution in [0.5, 0.6) is 0 Å². The largest absolute Gasteiger partial charge is 0.327 e. The van der Waals surface area contributed by atoms with Gasteiger partial charge < -0.3 is 5.73 Å². The zero-order chi connectivity index (χ0) is 13.0. The molecule has 0 aliphatic carbocycles. The summed E-state index contributed by atoms with van der Waals surface area (Å²) in [6.45, 7) is 2.09. The van der Waals surface area contributed by atoms with Crippen LogP contribution < -0.4 is 5.73 Å². The highest BCUT2D eigenvalue weighted by Gasteiger charge is 2.02. The van der Waals surface area contributed by atoms with Gasteiger partial charge >= 0.3 is 0 Å². The topological polar surface area (TPSA) is 26.0 Å². The SMILES string of the molecule is CCC(N)Cc1ccc(-c2ccc(F)cc2)cc1. The average Bonchev–Trinajstić information content (AvgIpc) is 2.40. The fourth-order valence-electron chi connectivity index (χ4n) is 1.92. The maximum absolute atomic E-state index is 12.8. The zero-order valence-corrected chi connectivity index (χ0v) is 10.6. The van der Waals surface area contributed by atoms with E-state index in [9.17, 15) is 4.39 Å². The van der Waals surface area contributed by atoms with Gasteiger partial charge in [-0.05, 0) is 41.7 Å². The van der Waals surface area contributed by atoms with Gasteiger partial charge in [0.25, 0.3) is 0 Å². The molecule has 0 amide bonds. The van der Waals surface area contributed by atoms with Crippen molar-refractivity contribution in [3.8, 4) is 11.1 Å². The van der Waals surface area contributed by atoms with Crippen molar-refractivity contribution < 1.29 is 4.39 Å². The average molecular weight is 243 g/mol. The summed E-state index contributed by atoms with van der Waals surface area (Å²) in [5, 5.41) is 0. The minimum absolute atomic E-state index is 0.204. The Labute approximate surface area is 107 Å². The van der Waals surface area contributed by atoms with Crippen molar-refractivity contribution in [1.82, 2.24) is 0 Å². The lowest BCUT2D eigenvalue weighted by Gasteiger charge is -2.09. The van der Waals surface area contributed by atoms with E-state index in [0.29, 0.717) is 0 Å². The zero-order valence-electron chi connectivity index (χ0n) is 10.6. The van der Waals surface area contributed by atoms with E-state index in [0.717, 1.165) is 24.0 Å². The summed E-state index contributed by atoms with van der Waals surface area (Å²) >= 11 is 0. The first-order valence-electron chi connectivity index (χ1n) is 6.29. The summed E-state index contributed by atoms with van der Waals surface area (Å²) in [7, 11) is 0. The minimum Gasteiger partial charge on any atom is -0.327 e. The van der Waals surface area contributed by atoms with Crippen molar-refractivity contribution >= 4 is 0 Å². The fourth-order valence-corrected chi connectivity index (χ4v) is 1.92. The third-order valence-corrected chi connectivity index (χ3v) is 3.15. The van der Waals surface area contributed by atoms with Crippen LogP contribution in [0, 0.1) is 5.82 Å². The van der Waals surface area contributed by atoms with Crippen LogP contribution in [0.25, 0.3) is 11.1 Å². The minimum atomic E-state index is -0.204. The quantitative estimate of drug-likeness (QED) is 0.869. The number of hydrogen-bond acceptors (Lipinski definition) is 1. The van der Waals surface area contributed by atoms with Gasteiger partial charge in [-0.1, -0.05) is 43.3 Å². The predicted octanol–water partition coefficient (Wildman–Crippen LogP) is 3.77. The molecule has 2 N–H and O–H groups in total. The third kappa shape index (κ3) is 3.17. The van der Waals surface area contributed by atoms with Crippen molar-refractivity contribution in [3.05, 3.63) is 59.9 Å². The highest BCUT2D eigenvalue weighted by Crippen LogP contribution is 2.20. The molecular formula is C16H18FN. The Morgan fingerprint density at radius 3 is 1.94 bits per heavy atom. The van der Waals surface area contributed by atoms with Gasteiger partial charge in [0.15, 0.2) is 0 Å². The van der Waals surface area contributed by atoms with Gasteiger partial charge in [-0.25, -0.2) is 4.39 Å². The first-order chi connectivity index (χ1) is 8.69. The van der Waals surface area contributed by atoms with Gasteiger partial charge in [0, 0.05) is 6.04 Å². The molecule has 0 bridgehead atoms. The van der Waals surface area contributed by atoms with Gasteiger partial charge in [-0.15, -0.1) is 0 Å². The Bertz CT molecular complexity index is 488. The van der Waals surface area contributed by atoms with Crippen LogP contribution >= 0.6 is 0 Å². The first kappa shape index (κ1) is 12.8. The van der Waals surface area contributed by atoms with Crippen LogP contribution in [0.15, 0.2) is 48.5 Å². The van der Waals surface area contributed by atoms with Gasteiger partial charge in [0.1, 0.15) is 5.82 Å². The second kappa shape index (κ2) is 5.78. The Morgan fingerprint density at radius 2 is 1.44 bits per heavy atom. The Hall–Kier alpha value is -1.67. The molecule has 0 aliphatic heterocycles. The molecule has 94 valence electrons. The molecule has 0 saturated carbocycles. The van der Waals surface area contributed by atoms with Gasteiger partial charge in [-0.3, -0.25) is 0 Å². The molecule has 0 aromatic heterocycles. The van der Waals surface area contributed by atoms with Crippen molar-refractivity contribution in [2.75, 3.05) is 0 Å². The number of hydrogen-bond donors (Lipinski definition) is 1. The molecule has 1 unspecified atom stereocenters. The van der Waals surface area contributed by atoms with E-state index >= 15 is 0 Å². The number of halogens is 1. The lowest BCUT2D eigenvalue weighted by Crippen LogP contribution is -2.21. The Morgan fingerprint density at radius 1 is 0.944 bits per heavy atom. The fraction of sp³-hybridized carbons (Fsp3) is 0.250. The molecule has 2 aromatic rings. The summed E-state index contributed by atoms with van der Waals surface area (Å²) in [4.78, 5) is 0. The molecule has 1 atom stereocenters. The third-order valence-electron chi connectivity index (χ3n) is 3.15. The second-order valence-corrected chi connectivity index (χ2v) is 4.58. The van der Waals surface area contributed by atoms with E-state index in [1.807, 2.05) is 0 Å². The van der Waals surface area contributed by atoms with Crippen molar-refractivity contribution in [3.63, 3.8) is 0 Å². The molecular weight excluding hydrogens is 225 g/mol. The van der Waals surface area contributed by atoms with E-state index in [2.05, 4.69) is 31.2 Å². The van der Waals surface area contributed by atoms with E-state index in [1.165, 1.54) is 17.7 Å². The van der Waals surface area contributed by atoms with Gasteiger partial charge in [0.05, 0.1) is 0 Å². The van der Waals surface area contributed by atoms with Crippen LogP contribution in [0.3, 0.4) is 0 Å². The van der Waals surface area contributed by atoms with Crippen LogP contribution in [0.1, 0.15) is 18.9 Å². The molecule has 2 rings (SSSR count). The second-order valence-electron chi connectivity index (χ2n) is 4.58. The van der Waals surface area contributed by atoms with Crippen LogP contribution in [-0.2, 0) is 6.42 Å². The standard InChI is InChI=1S/C16H18FN/c1-2-16(18)11-12-3-5-13(6-4-12)14-7-9-15(17)10-8-14/h3-10,16H,2,11,18H2,1H3. The lowest BCUT2D eigenvalue weighted by atomic mass is 10.0. The highest BCUT2D eigenvalue weighted by atomic mass is 19.1. The summed E-state index contributed by atoms with van der Waals surface area (Å²) in [6, 6.07) is 15.1. The van der Waals surface area contributed by atoms with Crippen LogP contribution in [0.2, 0.25) is 0 Å². The van der Waals surface area contributed by atoms with E-state index in [4.69, 9.17) is 5.73 Å². The molecule has 2 heteroatoms. The molecule has 18 heavy (non-hydrogen) atoms. The highest BCUT2D eigenvalue weighted by molar-refractivity contribution is 5.63. The monoisotopic (exact) mass is 243 g/mol. The molecule has 0 fully saturated rings. The number of nitrogens with two attached hydrogens (primary N) is 1. The van der Waals surface area contributed by atoms with Crippen molar-refractivity contribution in [1.29, 1.82) is 0 Å². The Balaban J connectivity index is 2.14. The molecule has 0 spiro atoms. The summed E-state index contributed by atoms with van der Waals surface area (Å²) in [5.41, 5.74) is 9.31. The predicted molar refractivity (Wildman–Crippen MR) is 73.8 cm³/mol. The van der Waals surface area contributed by atoms with E-state index in [-0.39, 0.29) is 11.9 Å². The molecule has 0 heterocycles. The van der Waals surface area contributed by atoms with Crippen molar-refractivity contribution in [2.45, 2.75) is 25.8 Å². The van der Waals surface area contributed by atoms with E-state index < -0.39 is 0 Å². The number of rotatable bonds is 4. The molecule has 1 nitrogen and oxygen atoms in total. The maximum Gasteiger partial charge on any atom is 0.123 e. The van der Waals surface area contributed by atoms with Crippen LogP contribution in [0.4, 0.5) is 4.39 Å². The molecule has 0 radical (unpaired) electrons.